The van der Waals surface area contributed by atoms with Gasteiger partial charge in [-0.2, -0.15) is 0 Å². The minimum Gasteiger partial charge on any atom is -0.384 e. The molecule has 7 heteroatoms. The second-order valence-electron chi connectivity index (χ2n) is 9.04. The van der Waals surface area contributed by atoms with E-state index in [4.69, 9.17) is 17.6 Å². The van der Waals surface area contributed by atoms with Crippen molar-refractivity contribution in [2.24, 2.45) is 5.73 Å². The summed E-state index contributed by atoms with van der Waals surface area (Å²) < 4.78 is 13.2. The van der Waals surface area contributed by atoms with Gasteiger partial charge in [-0.25, -0.2) is 4.39 Å². The highest BCUT2D eigenvalue weighted by Crippen LogP contribution is 2.38. The van der Waals surface area contributed by atoms with Gasteiger partial charge in [0, 0.05) is 42.1 Å². The molecule has 2 aromatic rings. The molecule has 4 rings (SSSR count). The molecule has 0 aromatic heterocycles. The number of hydrogen-bond donors (Lipinski definition) is 4. The molecule has 0 bridgehead atoms. The Morgan fingerprint density at radius 3 is 2.62 bits per heavy atom. The average Bonchev–Trinajstić information content (AvgIpc) is 3.25. The Hall–Kier alpha value is -3.79. The molecule has 2 aliphatic rings. The van der Waals surface area contributed by atoms with Gasteiger partial charge in [-0.1, -0.05) is 18.2 Å². The van der Waals surface area contributed by atoms with Crippen LogP contribution in [0.5, 0.6) is 0 Å². The largest absolute Gasteiger partial charge is 0.384 e. The fraction of sp³-hybridized carbons (Fsp3) is 0.333. The summed E-state index contributed by atoms with van der Waals surface area (Å²) >= 11 is 0. The third-order valence-electron chi connectivity index (χ3n) is 6.89. The first-order valence-electron chi connectivity index (χ1n) is 11.6. The summed E-state index contributed by atoms with van der Waals surface area (Å²) in [7, 11) is 0. The lowest BCUT2D eigenvalue weighted by molar-refractivity contribution is -0.114. The highest BCUT2D eigenvalue weighted by molar-refractivity contribution is 6.23. The molecule has 0 atom stereocenters. The lowest BCUT2D eigenvalue weighted by Gasteiger charge is -2.43. The highest BCUT2D eigenvalue weighted by atomic mass is 19.1. The second kappa shape index (κ2) is 10.0. The maximum atomic E-state index is 13.2. The molecule has 1 aliphatic heterocycles. The van der Waals surface area contributed by atoms with Gasteiger partial charge in [0.15, 0.2) is 0 Å². The molecule has 6 nitrogen and oxygen atoms in total. The Morgan fingerprint density at radius 1 is 1.24 bits per heavy atom. The molecule has 2 aromatic carbocycles. The van der Waals surface area contributed by atoms with Crippen molar-refractivity contribution in [3.63, 3.8) is 0 Å². The lowest BCUT2D eigenvalue weighted by Crippen LogP contribution is -2.50. The molecular weight excluding hydrogens is 429 g/mol. The molecule has 1 aliphatic carbocycles. The summed E-state index contributed by atoms with van der Waals surface area (Å²) in [5.41, 5.74) is 8.44. The zero-order valence-corrected chi connectivity index (χ0v) is 19.1. The SMILES string of the molecule is C#CCC1(N/C=C(\C(=N)Nc2ccc(F)cc2)C(N)=O)CCC(N2CCc3ccccc32)CC1. The van der Waals surface area contributed by atoms with E-state index in [2.05, 4.69) is 45.7 Å². The van der Waals surface area contributed by atoms with E-state index in [1.807, 2.05) is 0 Å². The topological polar surface area (TPSA) is 94.2 Å². The van der Waals surface area contributed by atoms with E-state index in [-0.39, 0.29) is 22.8 Å². The number of nitrogens with one attached hydrogen (secondary N) is 3. The fourth-order valence-electron chi connectivity index (χ4n) is 5.01. The molecule has 1 amide bonds. The number of nitrogens with two attached hydrogens (primary N) is 1. The van der Waals surface area contributed by atoms with Crippen molar-refractivity contribution >= 4 is 23.1 Å². The van der Waals surface area contributed by atoms with Crippen molar-refractivity contribution in [1.82, 2.24) is 5.32 Å². The highest BCUT2D eigenvalue weighted by Gasteiger charge is 2.37. The van der Waals surface area contributed by atoms with E-state index >= 15 is 0 Å². The van der Waals surface area contributed by atoms with Gasteiger partial charge in [0.05, 0.1) is 5.57 Å². The molecule has 1 saturated carbocycles. The van der Waals surface area contributed by atoms with Crippen molar-refractivity contribution in [3.8, 4) is 12.3 Å². The molecular formula is C27H30FN5O. The molecule has 0 radical (unpaired) electrons. The van der Waals surface area contributed by atoms with Gasteiger partial charge in [0.25, 0.3) is 5.91 Å². The van der Waals surface area contributed by atoms with Crippen LogP contribution >= 0.6 is 0 Å². The molecule has 176 valence electrons. The lowest BCUT2D eigenvalue weighted by atomic mass is 9.77. The number of amidine groups is 1. The summed E-state index contributed by atoms with van der Waals surface area (Å²) in [6, 6.07) is 14.6. The Morgan fingerprint density at radius 2 is 1.94 bits per heavy atom. The number of halogens is 1. The summed E-state index contributed by atoms with van der Waals surface area (Å²) in [5.74, 6) is 1.50. The standard InChI is InChI=1S/C27H30FN5O/c1-2-14-27(15-11-22(12-16-27)33-17-13-19-5-3-4-6-24(19)33)31-18-23(26(30)34)25(29)32-21-9-7-20(28)8-10-21/h1,3-10,18,22,31H,11-17H2,(H2,29,32)(H2,30,34)/b23-18+. The number of nitrogens with zero attached hydrogens (tertiary/aromatic N) is 1. The number of terminal acetylenes is 1. The van der Waals surface area contributed by atoms with Crippen molar-refractivity contribution in [2.75, 3.05) is 16.8 Å². The van der Waals surface area contributed by atoms with Crippen LogP contribution in [-0.2, 0) is 11.2 Å². The van der Waals surface area contributed by atoms with Gasteiger partial charge in [0.2, 0.25) is 0 Å². The van der Waals surface area contributed by atoms with Gasteiger partial charge in [-0.15, -0.1) is 12.3 Å². The number of fused-ring (bicyclic) bond motifs is 1. The maximum Gasteiger partial charge on any atom is 0.253 e. The second-order valence-corrected chi connectivity index (χ2v) is 9.04. The van der Waals surface area contributed by atoms with Crippen molar-refractivity contribution in [2.45, 2.75) is 50.1 Å². The van der Waals surface area contributed by atoms with Crippen LogP contribution in [0.15, 0.2) is 60.3 Å². The molecule has 0 unspecified atom stereocenters. The number of amides is 1. The summed E-state index contributed by atoms with van der Waals surface area (Å²) in [5, 5.41) is 14.5. The van der Waals surface area contributed by atoms with Crippen LogP contribution in [0, 0.1) is 23.6 Å². The van der Waals surface area contributed by atoms with Crippen molar-refractivity contribution in [3.05, 3.63) is 71.7 Å². The third kappa shape index (κ3) is 5.07. The van der Waals surface area contributed by atoms with Crippen LogP contribution in [0.2, 0.25) is 0 Å². The Balaban J connectivity index is 1.44. The van der Waals surface area contributed by atoms with Crippen LogP contribution in [0.1, 0.15) is 37.7 Å². The first-order valence-corrected chi connectivity index (χ1v) is 11.6. The van der Waals surface area contributed by atoms with Gasteiger partial charge in [-0.05, 0) is 68.0 Å². The third-order valence-corrected chi connectivity index (χ3v) is 6.89. The van der Waals surface area contributed by atoms with Crippen molar-refractivity contribution < 1.29 is 9.18 Å². The summed E-state index contributed by atoms with van der Waals surface area (Å²) in [6.45, 7) is 1.04. The number of rotatable bonds is 7. The summed E-state index contributed by atoms with van der Waals surface area (Å²) in [4.78, 5) is 14.6. The van der Waals surface area contributed by atoms with E-state index < -0.39 is 5.91 Å². The molecule has 1 heterocycles. The smallest absolute Gasteiger partial charge is 0.253 e. The quantitative estimate of drug-likeness (QED) is 0.218. The van der Waals surface area contributed by atoms with E-state index in [1.165, 1.54) is 41.7 Å². The Labute approximate surface area is 199 Å². The fourth-order valence-corrected chi connectivity index (χ4v) is 5.01. The normalized spacial score (nSPS) is 21.9. The van der Waals surface area contributed by atoms with Crippen LogP contribution in [0.25, 0.3) is 0 Å². The van der Waals surface area contributed by atoms with Crippen molar-refractivity contribution in [1.29, 1.82) is 5.41 Å². The number of benzene rings is 2. The van der Waals surface area contributed by atoms with Gasteiger partial charge in [0.1, 0.15) is 11.7 Å². The van der Waals surface area contributed by atoms with Gasteiger partial charge < -0.3 is 21.3 Å². The summed E-state index contributed by atoms with van der Waals surface area (Å²) in [6.07, 6.45) is 12.5. The predicted molar refractivity (Wildman–Crippen MR) is 134 cm³/mol. The number of para-hydroxylation sites is 1. The number of hydrogen-bond acceptors (Lipinski definition) is 4. The van der Waals surface area contributed by atoms with Gasteiger partial charge >= 0.3 is 0 Å². The predicted octanol–water partition coefficient (Wildman–Crippen LogP) is 3.94. The molecule has 0 spiro atoms. The Bertz CT molecular complexity index is 1130. The molecule has 0 saturated heterocycles. The Kier molecular flexibility index (Phi) is 6.87. The van der Waals surface area contributed by atoms with E-state index in [9.17, 15) is 9.18 Å². The first kappa shape index (κ1) is 23.4. The number of carbonyl (C=O) groups is 1. The molecule has 5 N–H and O–H groups in total. The monoisotopic (exact) mass is 459 g/mol. The van der Waals surface area contributed by atoms with Crippen LogP contribution in [-0.4, -0.2) is 29.9 Å². The number of anilines is 2. The molecule has 1 fully saturated rings. The maximum absolute atomic E-state index is 13.2. The zero-order valence-electron chi connectivity index (χ0n) is 19.1. The minimum atomic E-state index is -0.731. The molecule has 34 heavy (non-hydrogen) atoms. The van der Waals surface area contributed by atoms with E-state index in [1.54, 1.807) is 0 Å². The number of primary amides is 1. The van der Waals surface area contributed by atoms with Crippen LogP contribution in [0.4, 0.5) is 15.8 Å². The van der Waals surface area contributed by atoms with Crippen LogP contribution in [0.3, 0.4) is 0 Å². The zero-order chi connectivity index (χ0) is 24.1. The van der Waals surface area contributed by atoms with Crippen LogP contribution < -0.4 is 21.3 Å². The van der Waals surface area contributed by atoms with E-state index in [0.717, 1.165) is 38.6 Å². The average molecular weight is 460 g/mol. The first-order chi connectivity index (χ1) is 16.4. The van der Waals surface area contributed by atoms with Gasteiger partial charge in [-0.3, -0.25) is 10.2 Å². The minimum absolute atomic E-state index is 0.0105. The number of carbonyl (C=O) groups excluding carboxylic acids is 1. The van der Waals surface area contributed by atoms with E-state index in [0.29, 0.717) is 18.2 Å².